The number of likely N-dealkylation sites (tertiary alicyclic amines) is 1. The van der Waals surface area contributed by atoms with Crippen LogP contribution in [0.25, 0.3) is 0 Å². The molecule has 65 heavy (non-hydrogen) atoms. The molecule has 2 N–H and O–H groups in total. The fourth-order valence-corrected chi connectivity index (χ4v) is 6.32. The molecule has 3 aliphatic rings. The molecule has 3 saturated heterocycles. The second kappa shape index (κ2) is 24.3. The lowest BCUT2D eigenvalue weighted by Crippen LogP contribution is -2.50. The summed E-state index contributed by atoms with van der Waals surface area (Å²) >= 11 is 3.11. The first-order valence-corrected chi connectivity index (χ1v) is 22.1. The number of hydrogen-bond donors (Lipinski definition) is 1. The molecule has 0 atom stereocenters. The highest BCUT2D eigenvalue weighted by Crippen LogP contribution is 2.21. The highest BCUT2D eigenvalue weighted by molar-refractivity contribution is 9.10. The summed E-state index contributed by atoms with van der Waals surface area (Å²) in [6.45, 7) is 23.8. The first-order chi connectivity index (χ1) is 30.3. The van der Waals surface area contributed by atoms with Crippen molar-refractivity contribution in [3.63, 3.8) is 0 Å². The number of nitrogens with zero attached hydrogens (tertiary/aromatic N) is 10. The smallest absolute Gasteiger partial charge is 0.410 e. The molecule has 0 spiro atoms. The lowest BCUT2D eigenvalue weighted by atomic mass is 10.1. The standard InChI is InChI=1S/C14H20N4O4.C14H22N4O2.C10H19NO2.C5H3BrN2O2/c1-14(2,3)22-13(19)17-8-6-16(7-9-17)11-4-5-12(15-10-11)18(20)21;1-14(2,3)20-13(19)18-8-6-17(7-9-18)11-4-5-12(15)16-10-11;1-10(2,3)13-9(12)11-7-5-4-6-8-11;6-4-1-2-5(7-3-4)8(9)10/h4-5,10H,6-9H2,1-3H3;4-5,10H,6-9H2,1-3H3,(H2,15,16);4-8H2,1-3H3;1-3H. The summed E-state index contributed by atoms with van der Waals surface area (Å²) in [7, 11) is 0. The zero-order chi connectivity index (χ0) is 48.5. The molecule has 3 aromatic rings. The van der Waals surface area contributed by atoms with Gasteiger partial charge in [0.05, 0.1) is 22.0 Å². The zero-order valence-electron chi connectivity index (χ0n) is 38.9. The van der Waals surface area contributed by atoms with E-state index in [-0.39, 0.29) is 35.5 Å². The molecule has 3 fully saturated rings. The number of carbonyl (C=O) groups excluding carboxylic acids is 3. The van der Waals surface area contributed by atoms with Crippen LogP contribution in [0.3, 0.4) is 0 Å². The highest BCUT2D eigenvalue weighted by atomic mass is 79.9. The number of pyridine rings is 3. The van der Waals surface area contributed by atoms with Gasteiger partial charge in [-0.25, -0.2) is 19.4 Å². The van der Waals surface area contributed by atoms with Gasteiger partial charge >= 0.3 is 29.9 Å². The molecule has 22 heteroatoms. The summed E-state index contributed by atoms with van der Waals surface area (Å²) in [4.78, 5) is 75.9. The highest BCUT2D eigenvalue weighted by Gasteiger charge is 2.28. The van der Waals surface area contributed by atoms with E-state index in [9.17, 15) is 34.6 Å². The van der Waals surface area contributed by atoms with Crippen LogP contribution in [0.4, 0.5) is 43.2 Å². The number of nitrogens with two attached hydrogens (primary N) is 1. The molecule has 21 nitrogen and oxygen atoms in total. The molecule has 6 heterocycles. The minimum absolute atomic E-state index is 0.136. The molecule has 6 rings (SSSR count). The molecule has 0 unspecified atom stereocenters. The fraction of sp³-hybridized carbons (Fsp3) is 0.581. The Balaban J connectivity index is 0.000000240. The third-order valence-electron chi connectivity index (χ3n) is 9.19. The average Bonchev–Trinajstić information content (AvgIpc) is 3.23. The topological polar surface area (TPSA) is 246 Å². The van der Waals surface area contributed by atoms with Gasteiger partial charge in [-0.3, -0.25) is 0 Å². The minimum Gasteiger partial charge on any atom is -0.444 e. The van der Waals surface area contributed by atoms with Crippen molar-refractivity contribution in [3.05, 3.63) is 79.7 Å². The predicted molar refractivity (Wildman–Crippen MR) is 250 cm³/mol. The largest absolute Gasteiger partial charge is 0.444 e. The van der Waals surface area contributed by atoms with Crippen LogP contribution in [-0.2, 0) is 14.2 Å². The average molecular weight is 975 g/mol. The number of rotatable bonds is 4. The van der Waals surface area contributed by atoms with Gasteiger partial charge in [0.2, 0.25) is 0 Å². The lowest BCUT2D eigenvalue weighted by Gasteiger charge is -2.36. The van der Waals surface area contributed by atoms with E-state index >= 15 is 0 Å². The first kappa shape index (κ1) is 53.3. The Bertz CT molecular complexity index is 1990. The van der Waals surface area contributed by atoms with E-state index in [1.807, 2.05) is 73.3 Å². The van der Waals surface area contributed by atoms with Crippen LogP contribution < -0.4 is 15.5 Å². The normalized spacial score (nSPS) is 15.4. The van der Waals surface area contributed by atoms with E-state index in [1.165, 1.54) is 30.9 Å². The van der Waals surface area contributed by atoms with Crippen molar-refractivity contribution in [2.24, 2.45) is 0 Å². The van der Waals surface area contributed by atoms with Crippen molar-refractivity contribution >= 4 is 63.0 Å². The molecule has 0 saturated carbocycles. The maximum absolute atomic E-state index is 12.0. The van der Waals surface area contributed by atoms with Crippen molar-refractivity contribution in [3.8, 4) is 0 Å². The maximum atomic E-state index is 12.0. The Morgan fingerprint density at radius 3 is 1.20 bits per heavy atom. The number of ether oxygens (including phenoxy) is 3. The van der Waals surface area contributed by atoms with Gasteiger partial charge in [0, 0.05) is 77.6 Å². The van der Waals surface area contributed by atoms with Gasteiger partial charge in [0.15, 0.2) is 12.4 Å². The van der Waals surface area contributed by atoms with Crippen LogP contribution in [0, 0.1) is 20.2 Å². The quantitative estimate of drug-likeness (QED) is 0.148. The molecule has 3 amide bonds. The molecular formula is C43H64BrN11O10. The van der Waals surface area contributed by atoms with E-state index in [4.69, 9.17) is 19.9 Å². The van der Waals surface area contributed by atoms with Crippen molar-refractivity contribution in [2.75, 3.05) is 81.0 Å². The Kier molecular flexibility index (Phi) is 19.9. The fourth-order valence-electron chi connectivity index (χ4n) is 6.08. The summed E-state index contributed by atoms with van der Waals surface area (Å²) in [6, 6.07) is 9.71. The lowest BCUT2D eigenvalue weighted by molar-refractivity contribution is -0.389. The summed E-state index contributed by atoms with van der Waals surface area (Å²) in [5.74, 6) is 0.209. The van der Waals surface area contributed by atoms with Crippen LogP contribution in [0.5, 0.6) is 0 Å². The van der Waals surface area contributed by atoms with Crippen LogP contribution >= 0.6 is 15.9 Å². The number of halogens is 1. The predicted octanol–water partition coefficient (Wildman–Crippen LogP) is 7.93. The molecule has 3 aliphatic heterocycles. The summed E-state index contributed by atoms with van der Waals surface area (Å²) in [6.07, 6.45) is 7.38. The number of piperazine rings is 2. The van der Waals surface area contributed by atoms with E-state index in [0.717, 1.165) is 54.9 Å². The number of hydrogen-bond acceptors (Lipinski definition) is 16. The van der Waals surface area contributed by atoms with Gasteiger partial charge in [-0.05, 0) is 142 Å². The summed E-state index contributed by atoms with van der Waals surface area (Å²) in [5, 5.41) is 20.6. The van der Waals surface area contributed by atoms with Crippen LogP contribution in [0.2, 0.25) is 0 Å². The zero-order valence-corrected chi connectivity index (χ0v) is 40.5. The van der Waals surface area contributed by atoms with Crippen molar-refractivity contribution in [2.45, 2.75) is 98.4 Å². The SMILES string of the molecule is CC(C)(C)OC(=O)N1CCCCC1.CC(C)(C)OC(=O)N1CCN(c2ccc(N)nc2)CC1.CC(C)(C)OC(=O)N1CCN(c2ccc([N+](=O)[O-])nc2)CC1.O=[N+]([O-])c1ccc(Br)cn1. The molecule has 3 aromatic heterocycles. The van der Waals surface area contributed by atoms with Gasteiger partial charge in [-0.2, -0.15) is 0 Å². The number of anilines is 3. The van der Waals surface area contributed by atoms with Gasteiger partial charge in [-0.1, -0.05) is 0 Å². The van der Waals surface area contributed by atoms with Gasteiger partial charge < -0.3 is 64.7 Å². The summed E-state index contributed by atoms with van der Waals surface area (Å²) < 4.78 is 16.7. The van der Waals surface area contributed by atoms with E-state index in [0.29, 0.717) is 45.1 Å². The number of piperidine rings is 1. The number of nitro groups is 2. The Labute approximate surface area is 389 Å². The number of amides is 3. The van der Waals surface area contributed by atoms with Crippen LogP contribution in [0.1, 0.15) is 81.6 Å². The maximum Gasteiger partial charge on any atom is 0.410 e. The Hall–Kier alpha value is -6.06. The molecule has 358 valence electrons. The van der Waals surface area contributed by atoms with Gasteiger partial charge in [-0.15, -0.1) is 0 Å². The number of aromatic nitrogens is 3. The second-order valence-electron chi connectivity index (χ2n) is 18.1. The molecular weight excluding hydrogens is 910 g/mol. The van der Waals surface area contributed by atoms with Gasteiger partial charge in [0.1, 0.15) is 22.6 Å². The second-order valence-corrected chi connectivity index (χ2v) is 19.0. The number of carbonyl (C=O) groups is 3. The molecule has 0 aliphatic carbocycles. The van der Waals surface area contributed by atoms with Crippen LogP contribution in [-0.4, -0.2) is 140 Å². The molecule has 0 bridgehead atoms. The van der Waals surface area contributed by atoms with E-state index in [1.54, 1.807) is 39.1 Å². The number of nitrogen functional groups attached to an aromatic ring is 1. The minimum atomic E-state index is -0.535. The van der Waals surface area contributed by atoms with Crippen LogP contribution in [0.15, 0.2) is 59.5 Å². The van der Waals surface area contributed by atoms with E-state index < -0.39 is 21.0 Å². The van der Waals surface area contributed by atoms with Gasteiger partial charge in [0.25, 0.3) is 0 Å². The first-order valence-electron chi connectivity index (χ1n) is 21.3. The monoisotopic (exact) mass is 973 g/mol. The molecule has 0 aromatic carbocycles. The van der Waals surface area contributed by atoms with E-state index in [2.05, 4.69) is 35.8 Å². The molecule has 0 radical (unpaired) electrons. The van der Waals surface area contributed by atoms with Crippen molar-refractivity contribution in [1.82, 2.24) is 29.7 Å². The Morgan fingerprint density at radius 1 is 0.538 bits per heavy atom. The Morgan fingerprint density at radius 2 is 0.892 bits per heavy atom. The summed E-state index contributed by atoms with van der Waals surface area (Å²) in [5.41, 5.74) is 6.10. The third kappa shape index (κ3) is 20.1. The van der Waals surface area contributed by atoms with Crippen molar-refractivity contribution < 1.29 is 38.4 Å². The van der Waals surface area contributed by atoms with Crippen molar-refractivity contribution in [1.29, 1.82) is 0 Å². The third-order valence-corrected chi connectivity index (χ3v) is 9.66.